The number of thiazole rings is 1. The molecule has 17 heavy (non-hydrogen) atoms. The summed E-state index contributed by atoms with van der Waals surface area (Å²) in [6.07, 6.45) is 1.26. The second-order valence-electron chi connectivity index (χ2n) is 4.18. The average molecular weight is 249 g/mol. The third kappa shape index (κ3) is 2.64. The first-order valence-corrected chi connectivity index (χ1v) is 6.50. The Morgan fingerprint density at radius 3 is 2.94 bits per heavy atom. The standard InChI is InChI=1S/C13H15NO2S/c1-3-10(13(15)16)6-9-4-5-11-12(7-9)17-8(2)14-11/h4-5,7,10H,3,6H2,1-2H3,(H,15,16). The van der Waals surface area contributed by atoms with Crippen molar-refractivity contribution < 1.29 is 9.90 Å². The molecule has 0 radical (unpaired) electrons. The van der Waals surface area contributed by atoms with Gasteiger partial charge in [0.2, 0.25) is 0 Å². The maximum Gasteiger partial charge on any atom is 0.306 e. The number of hydrogen-bond donors (Lipinski definition) is 1. The van der Waals surface area contributed by atoms with Crippen LogP contribution in [0, 0.1) is 12.8 Å². The zero-order valence-corrected chi connectivity index (χ0v) is 10.8. The molecule has 0 fully saturated rings. The number of carboxylic acid groups (broad SMARTS) is 1. The first kappa shape index (κ1) is 12.0. The molecule has 1 aromatic carbocycles. The minimum absolute atomic E-state index is 0.290. The van der Waals surface area contributed by atoms with Crippen LogP contribution in [0.4, 0.5) is 0 Å². The minimum Gasteiger partial charge on any atom is -0.481 e. The SMILES string of the molecule is CCC(Cc1ccc2nc(C)sc2c1)C(=O)O. The molecule has 1 unspecified atom stereocenters. The van der Waals surface area contributed by atoms with Crippen molar-refractivity contribution in [2.45, 2.75) is 26.7 Å². The maximum atomic E-state index is 11.0. The van der Waals surface area contributed by atoms with Gasteiger partial charge in [-0.25, -0.2) is 4.98 Å². The van der Waals surface area contributed by atoms with Crippen molar-refractivity contribution in [1.82, 2.24) is 4.98 Å². The van der Waals surface area contributed by atoms with Crippen LogP contribution in [0.25, 0.3) is 10.2 Å². The molecule has 4 heteroatoms. The fourth-order valence-electron chi connectivity index (χ4n) is 1.90. The largest absolute Gasteiger partial charge is 0.481 e. The van der Waals surface area contributed by atoms with E-state index in [1.54, 1.807) is 11.3 Å². The van der Waals surface area contributed by atoms with Crippen molar-refractivity contribution in [3.05, 3.63) is 28.8 Å². The fourth-order valence-corrected chi connectivity index (χ4v) is 2.79. The lowest BCUT2D eigenvalue weighted by molar-refractivity contribution is -0.141. The van der Waals surface area contributed by atoms with E-state index in [9.17, 15) is 4.79 Å². The average Bonchev–Trinajstić information content (AvgIpc) is 2.64. The van der Waals surface area contributed by atoms with E-state index < -0.39 is 5.97 Å². The number of fused-ring (bicyclic) bond motifs is 1. The summed E-state index contributed by atoms with van der Waals surface area (Å²) in [4.78, 5) is 15.4. The molecule has 2 rings (SSSR count). The second kappa shape index (κ2) is 4.84. The number of aliphatic carboxylic acids is 1. The highest BCUT2D eigenvalue weighted by Crippen LogP contribution is 2.24. The molecule has 0 amide bonds. The van der Waals surface area contributed by atoms with E-state index in [1.165, 1.54) is 0 Å². The topological polar surface area (TPSA) is 50.2 Å². The van der Waals surface area contributed by atoms with Gasteiger partial charge < -0.3 is 5.11 Å². The molecule has 0 aliphatic carbocycles. The van der Waals surface area contributed by atoms with Gasteiger partial charge in [0.15, 0.2) is 0 Å². The zero-order chi connectivity index (χ0) is 12.4. The molecule has 1 heterocycles. The molecule has 1 aromatic heterocycles. The number of hydrogen-bond acceptors (Lipinski definition) is 3. The van der Waals surface area contributed by atoms with Crippen molar-refractivity contribution in [3.8, 4) is 0 Å². The monoisotopic (exact) mass is 249 g/mol. The molecule has 1 N–H and O–H groups in total. The summed E-state index contributed by atoms with van der Waals surface area (Å²) in [7, 11) is 0. The zero-order valence-electron chi connectivity index (χ0n) is 9.93. The van der Waals surface area contributed by atoms with Gasteiger partial charge in [-0.1, -0.05) is 13.0 Å². The Bertz CT molecular complexity index is 547. The number of carboxylic acids is 1. The van der Waals surface area contributed by atoms with E-state index in [1.807, 2.05) is 26.0 Å². The molecular formula is C13H15NO2S. The van der Waals surface area contributed by atoms with E-state index in [0.717, 1.165) is 20.8 Å². The molecule has 3 nitrogen and oxygen atoms in total. The van der Waals surface area contributed by atoms with Gasteiger partial charge in [-0.05, 0) is 37.5 Å². The van der Waals surface area contributed by atoms with Crippen molar-refractivity contribution >= 4 is 27.5 Å². The fraction of sp³-hybridized carbons (Fsp3) is 0.385. The molecule has 0 aliphatic rings. The summed E-state index contributed by atoms with van der Waals surface area (Å²) in [5.41, 5.74) is 2.08. The summed E-state index contributed by atoms with van der Waals surface area (Å²) in [5.74, 6) is -1.01. The summed E-state index contributed by atoms with van der Waals surface area (Å²) < 4.78 is 1.14. The number of aryl methyl sites for hydroxylation is 1. The molecule has 1 atom stereocenters. The van der Waals surface area contributed by atoms with E-state index in [2.05, 4.69) is 11.1 Å². The Balaban J connectivity index is 2.26. The van der Waals surface area contributed by atoms with E-state index in [4.69, 9.17) is 5.11 Å². The smallest absolute Gasteiger partial charge is 0.306 e. The summed E-state index contributed by atoms with van der Waals surface area (Å²) >= 11 is 1.65. The van der Waals surface area contributed by atoms with Crippen molar-refractivity contribution in [2.24, 2.45) is 5.92 Å². The Morgan fingerprint density at radius 2 is 2.29 bits per heavy atom. The van der Waals surface area contributed by atoms with Crippen LogP contribution < -0.4 is 0 Å². The Hall–Kier alpha value is -1.42. The van der Waals surface area contributed by atoms with Crippen LogP contribution in [0.15, 0.2) is 18.2 Å². The maximum absolute atomic E-state index is 11.0. The van der Waals surface area contributed by atoms with Crippen LogP contribution >= 0.6 is 11.3 Å². The van der Waals surface area contributed by atoms with Gasteiger partial charge in [0, 0.05) is 0 Å². The van der Waals surface area contributed by atoms with Crippen molar-refractivity contribution in [2.75, 3.05) is 0 Å². The first-order chi connectivity index (χ1) is 8.10. The van der Waals surface area contributed by atoms with E-state index >= 15 is 0 Å². The van der Waals surface area contributed by atoms with Crippen molar-refractivity contribution in [1.29, 1.82) is 0 Å². The number of aromatic nitrogens is 1. The Labute approximate surface area is 104 Å². The first-order valence-electron chi connectivity index (χ1n) is 5.69. The van der Waals surface area contributed by atoms with E-state index in [-0.39, 0.29) is 5.92 Å². The van der Waals surface area contributed by atoms with Crippen molar-refractivity contribution in [3.63, 3.8) is 0 Å². The molecule has 0 saturated heterocycles. The molecule has 0 spiro atoms. The quantitative estimate of drug-likeness (QED) is 0.904. The van der Waals surface area contributed by atoms with E-state index in [0.29, 0.717) is 12.8 Å². The minimum atomic E-state index is -0.715. The predicted octanol–water partition coefficient (Wildman–Crippen LogP) is 3.26. The second-order valence-corrected chi connectivity index (χ2v) is 5.42. The Kier molecular flexibility index (Phi) is 3.43. The van der Waals surface area contributed by atoms with Crippen LogP contribution in [-0.2, 0) is 11.2 Å². The Morgan fingerprint density at radius 1 is 1.53 bits per heavy atom. The summed E-state index contributed by atoms with van der Waals surface area (Å²) in [5, 5.41) is 10.1. The summed E-state index contributed by atoms with van der Waals surface area (Å²) in [6.45, 7) is 3.89. The van der Waals surface area contributed by atoms with Crippen LogP contribution in [-0.4, -0.2) is 16.1 Å². The van der Waals surface area contributed by atoms with Gasteiger partial charge in [-0.2, -0.15) is 0 Å². The molecule has 90 valence electrons. The summed E-state index contributed by atoms with van der Waals surface area (Å²) in [6, 6.07) is 6.02. The molecule has 0 aliphatic heterocycles. The molecular weight excluding hydrogens is 234 g/mol. The predicted molar refractivity (Wildman–Crippen MR) is 69.5 cm³/mol. The number of benzene rings is 1. The van der Waals surface area contributed by atoms with Gasteiger partial charge in [0.05, 0.1) is 21.1 Å². The van der Waals surface area contributed by atoms with Gasteiger partial charge in [-0.3, -0.25) is 4.79 Å². The highest BCUT2D eigenvalue weighted by molar-refractivity contribution is 7.18. The van der Waals surface area contributed by atoms with Crippen LogP contribution in [0.3, 0.4) is 0 Å². The van der Waals surface area contributed by atoms with Gasteiger partial charge >= 0.3 is 5.97 Å². The highest BCUT2D eigenvalue weighted by atomic mass is 32.1. The van der Waals surface area contributed by atoms with Crippen LogP contribution in [0.1, 0.15) is 23.9 Å². The van der Waals surface area contributed by atoms with Gasteiger partial charge in [0.25, 0.3) is 0 Å². The van der Waals surface area contributed by atoms with Crippen LogP contribution in [0.5, 0.6) is 0 Å². The number of rotatable bonds is 4. The molecule has 0 bridgehead atoms. The third-order valence-electron chi connectivity index (χ3n) is 2.88. The number of carbonyl (C=O) groups is 1. The molecule has 0 saturated carbocycles. The third-order valence-corrected chi connectivity index (χ3v) is 3.82. The van der Waals surface area contributed by atoms with Gasteiger partial charge in [0.1, 0.15) is 0 Å². The lowest BCUT2D eigenvalue weighted by Crippen LogP contribution is -2.15. The normalized spacial score (nSPS) is 12.8. The highest BCUT2D eigenvalue weighted by Gasteiger charge is 2.15. The number of nitrogens with zero attached hydrogens (tertiary/aromatic N) is 1. The lowest BCUT2D eigenvalue weighted by Gasteiger charge is -2.09. The van der Waals surface area contributed by atoms with Crippen LogP contribution in [0.2, 0.25) is 0 Å². The van der Waals surface area contributed by atoms with Gasteiger partial charge in [-0.15, -0.1) is 11.3 Å². The molecule has 2 aromatic rings. The lowest BCUT2D eigenvalue weighted by atomic mass is 9.97.